The Hall–Kier alpha value is -2.74. The second-order valence-corrected chi connectivity index (χ2v) is 7.12. The predicted molar refractivity (Wildman–Crippen MR) is 110 cm³/mol. The van der Waals surface area contributed by atoms with Gasteiger partial charge in [-0.05, 0) is 24.2 Å². The summed E-state index contributed by atoms with van der Waals surface area (Å²) in [5.74, 6) is -0.336. The summed E-state index contributed by atoms with van der Waals surface area (Å²) < 4.78 is 1.69. The Balaban J connectivity index is 2.07. The number of carbonyl (C=O) groups is 1. The van der Waals surface area contributed by atoms with E-state index in [1.165, 1.54) is 9.58 Å². The predicted octanol–water partition coefficient (Wildman–Crippen LogP) is 3.50. The van der Waals surface area contributed by atoms with Gasteiger partial charge in [-0.2, -0.15) is 5.10 Å². The number of nitrogens with one attached hydrogen (secondary N) is 1. The Kier molecular flexibility index (Phi) is 6.08. The molecular formula is C20H24N4O3S. The fraction of sp³-hybridized carbons (Fsp3) is 0.400. The fourth-order valence-electron chi connectivity index (χ4n) is 3.33. The van der Waals surface area contributed by atoms with Gasteiger partial charge in [0, 0.05) is 19.4 Å². The van der Waals surface area contributed by atoms with E-state index >= 15 is 0 Å². The first-order valence-electron chi connectivity index (χ1n) is 9.48. The van der Waals surface area contributed by atoms with Crippen molar-refractivity contribution < 1.29 is 9.90 Å². The van der Waals surface area contributed by atoms with Gasteiger partial charge in [-0.1, -0.05) is 50.6 Å². The number of carbonyl (C=O) groups excluding carboxylic acids is 1. The zero-order chi connectivity index (χ0) is 20.3. The van der Waals surface area contributed by atoms with Gasteiger partial charge in [0.25, 0.3) is 5.56 Å². The van der Waals surface area contributed by atoms with Gasteiger partial charge in [0.2, 0.25) is 11.8 Å². The number of nitrogens with zero attached hydrogens (tertiary/aromatic N) is 3. The molecule has 8 heteroatoms. The summed E-state index contributed by atoms with van der Waals surface area (Å²) >= 11 is 5.20. The van der Waals surface area contributed by atoms with Crippen molar-refractivity contribution in [1.82, 2.24) is 14.6 Å². The van der Waals surface area contributed by atoms with Gasteiger partial charge in [-0.3, -0.25) is 19.1 Å². The third-order valence-corrected chi connectivity index (χ3v) is 5.17. The van der Waals surface area contributed by atoms with E-state index in [0.29, 0.717) is 25.1 Å². The highest BCUT2D eigenvalue weighted by molar-refractivity contribution is 7.71. The third kappa shape index (κ3) is 3.77. The van der Waals surface area contributed by atoms with Crippen molar-refractivity contribution in [2.75, 3.05) is 0 Å². The quantitative estimate of drug-likeness (QED) is 0.726. The first-order chi connectivity index (χ1) is 13.5. The number of amides is 1. The lowest BCUT2D eigenvalue weighted by Crippen LogP contribution is -2.26. The second-order valence-electron chi connectivity index (χ2n) is 6.73. The maximum atomic E-state index is 12.6. The Bertz CT molecular complexity index is 1010. The van der Waals surface area contributed by atoms with E-state index in [-0.39, 0.29) is 28.2 Å². The molecular weight excluding hydrogens is 376 g/mol. The minimum Gasteiger partial charge on any atom is -0.494 e. The largest absolute Gasteiger partial charge is 0.494 e. The molecule has 0 saturated heterocycles. The van der Waals surface area contributed by atoms with Crippen LogP contribution in [0.3, 0.4) is 0 Å². The highest BCUT2D eigenvalue weighted by Gasteiger charge is 2.34. The molecule has 3 rings (SSSR count). The summed E-state index contributed by atoms with van der Waals surface area (Å²) in [6.07, 6.45) is 2.37. The Morgan fingerprint density at radius 2 is 2.04 bits per heavy atom. The van der Waals surface area contributed by atoms with E-state index in [4.69, 9.17) is 12.2 Å². The molecule has 148 valence electrons. The number of aromatic nitrogens is 2. The van der Waals surface area contributed by atoms with Crippen LogP contribution in [-0.2, 0) is 11.3 Å². The van der Waals surface area contributed by atoms with Crippen LogP contribution in [0.2, 0.25) is 0 Å². The van der Waals surface area contributed by atoms with Crippen molar-refractivity contribution in [3.8, 4) is 5.88 Å². The SMILES string of the molecule is CCCCn1c(O)c(C2=NN(C(=O)CC)[C@@H](c3ccccc3)C2)c(=O)[nH]c1=S. The number of rotatable bonds is 6. The summed E-state index contributed by atoms with van der Waals surface area (Å²) in [4.78, 5) is 27.7. The zero-order valence-electron chi connectivity index (χ0n) is 16.0. The van der Waals surface area contributed by atoms with Crippen LogP contribution < -0.4 is 5.56 Å². The first kappa shape index (κ1) is 20.0. The molecule has 1 aromatic heterocycles. The molecule has 28 heavy (non-hydrogen) atoms. The number of hydrogen-bond acceptors (Lipinski definition) is 5. The maximum Gasteiger partial charge on any atom is 0.264 e. The number of H-pyrrole nitrogens is 1. The Morgan fingerprint density at radius 3 is 2.68 bits per heavy atom. The molecule has 0 bridgehead atoms. The van der Waals surface area contributed by atoms with Crippen LogP contribution in [0.4, 0.5) is 0 Å². The number of benzene rings is 1. The minimum absolute atomic E-state index is 0.0806. The second kappa shape index (κ2) is 8.52. The molecule has 1 aliphatic rings. The molecule has 0 unspecified atom stereocenters. The van der Waals surface area contributed by atoms with E-state index in [2.05, 4.69) is 10.1 Å². The lowest BCUT2D eigenvalue weighted by molar-refractivity contribution is -0.132. The number of aromatic hydroxyl groups is 1. The maximum absolute atomic E-state index is 12.6. The number of hydrazone groups is 1. The lowest BCUT2D eigenvalue weighted by Gasteiger charge is -2.21. The van der Waals surface area contributed by atoms with Crippen molar-refractivity contribution in [2.24, 2.45) is 5.10 Å². The molecule has 0 aliphatic carbocycles. The number of hydrogen-bond donors (Lipinski definition) is 2. The van der Waals surface area contributed by atoms with E-state index in [9.17, 15) is 14.7 Å². The van der Waals surface area contributed by atoms with Gasteiger partial charge in [-0.15, -0.1) is 0 Å². The van der Waals surface area contributed by atoms with Crippen LogP contribution >= 0.6 is 12.2 Å². The molecule has 1 amide bonds. The molecule has 1 atom stereocenters. The molecule has 7 nitrogen and oxygen atoms in total. The average Bonchev–Trinajstić information content (AvgIpc) is 3.12. The van der Waals surface area contributed by atoms with Gasteiger partial charge < -0.3 is 5.11 Å². The summed E-state index contributed by atoms with van der Waals surface area (Å²) in [6.45, 7) is 4.30. The van der Waals surface area contributed by atoms with Crippen LogP contribution in [-0.4, -0.2) is 31.3 Å². The Morgan fingerprint density at radius 1 is 1.32 bits per heavy atom. The molecule has 2 N–H and O–H groups in total. The lowest BCUT2D eigenvalue weighted by atomic mass is 9.99. The van der Waals surface area contributed by atoms with Crippen molar-refractivity contribution >= 4 is 23.8 Å². The van der Waals surface area contributed by atoms with Crippen LogP contribution in [0.1, 0.15) is 56.7 Å². The summed E-state index contributed by atoms with van der Waals surface area (Å²) in [7, 11) is 0. The molecule has 1 aromatic carbocycles. The summed E-state index contributed by atoms with van der Waals surface area (Å²) in [6, 6.07) is 9.25. The highest BCUT2D eigenvalue weighted by Crippen LogP contribution is 2.34. The molecule has 2 aromatic rings. The van der Waals surface area contributed by atoms with Crippen molar-refractivity contribution in [3.63, 3.8) is 0 Å². The minimum atomic E-state index is -0.494. The van der Waals surface area contributed by atoms with Crippen molar-refractivity contribution in [1.29, 1.82) is 0 Å². The smallest absolute Gasteiger partial charge is 0.264 e. The highest BCUT2D eigenvalue weighted by atomic mass is 32.1. The average molecular weight is 401 g/mol. The van der Waals surface area contributed by atoms with Crippen LogP contribution in [0, 0.1) is 4.77 Å². The molecule has 0 radical (unpaired) electrons. The van der Waals surface area contributed by atoms with Gasteiger partial charge in [0.15, 0.2) is 4.77 Å². The van der Waals surface area contributed by atoms with Crippen molar-refractivity contribution in [2.45, 2.75) is 52.1 Å². The van der Waals surface area contributed by atoms with Gasteiger partial charge in [0.05, 0.1) is 11.8 Å². The van der Waals surface area contributed by atoms with E-state index in [0.717, 1.165) is 18.4 Å². The fourth-order valence-corrected chi connectivity index (χ4v) is 3.60. The van der Waals surface area contributed by atoms with E-state index < -0.39 is 5.56 Å². The normalized spacial score (nSPS) is 16.3. The monoisotopic (exact) mass is 400 g/mol. The van der Waals surface area contributed by atoms with E-state index in [1.807, 2.05) is 37.3 Å². The van der Waals surface area contributed by atoms with Crippen molar-refractivity contribution in [3.05, 3.63) is 56.6 Å². The number of unbranched alkanes of at least 4 members (excludes halogenated alkanes) is 1. The van der Waals surface area contributed by atoms with Crippen LogP contribution in [0.5, 0.6) is 5.88 Å². The standard InChI is InChI=1S/C20H24N4O3S/c1-3-5-11-23-19(27)17(18(26)21-20(23)28)14-12-15(13-9-7-6-8-10-13)24(22-14)16(25)4-2/h6-10,15,27H,3-5,11-12H2,1-2H3,(H,21,26,28)/t15-/m1/s1. The molecule has 0 spiro atoms. The number of aromatic amines is 1. The van der Waals surface area contributed by atoms with Crippen LogP contribution in [0.25, 0.3) is 0 Å². The van der Waals surface area contributed by atoms with Gasteiger partial charge in [0.1, 0.15) is 5.56 Å². The summed E-state index contributed by atoms with van der Waals surface area (Å²) in [5.41, 5.74) is 0.899. The summed E-state index contributed by atoms with van der Waals surface area (Å²) in [5, 5.41) is 16.6. The third-order valence-electron chi connectivity index (χ3n) is 4.85. The topological polar surface area (TPSA) is 90.7 Å². The van der Waals surface area contributed by atoms with Gasteiger partial charge >= 0.3 is 0 Å². The molecule has 1 aliphatic heterocycles. The zero-order valence-corrected chi connectivity index (χ0v) is 16.8. The molecule has 0 saturated carbocycles. The van der Waals surface area contributed by atoms with Gasteiger partial charge in [-0.25, -0.2) is 5.01 Å². The van der Waals surface area contributed by atoms with E-state index in [1.54, 1.807) is 6.92 Å². The molecule has 0 fully saturated rings. The molecule has 2 heterocycles. The Labute approximate surface area is 168 Å². The van der Waals surface area contributed by atoms with Crippen LogP contribution in [0.15, 0.2) is 40.2 Å². The first-order valence-corrected chi connectivity index (χ1v) is 9.89.